The largest absolute Gasteiger partial charge is 0.377 e. The van der Waals surface area contributed by atoms with E-state index in [0.717, 1.165) is 12.5 Å². The number of hydrogen-bond acceptors (Lipinski definition) is 3. The third-order valence-electron chi connectivity index (χ3n) is 3.28. The lowest BCUT2D eigenvalue weighted by molar-refractivity contribution is -0.00776. The van der Waals surface area contributed by atoms with Crippen LogP contribution in [0.2, 0.25) is 0 Å². The van der Waals surface area contributed by atoms with Crippen molar-refractivity contribution < 1.29 is 18.3 Å². The van der Waals surface area contributed by atoms with Gasteiger partial charge in [0.05, 0.1) is 19.3 Å². The molecule has 5 nitrogen and oxygen atoms in total. The molecule has 0 aromatic carbocycles. The zero-order valence-electron chi connectivity index (χ0n) is 11.6. The van der Waals surface area contributed by atoms with Gasteiger partial charge in [0.25, 0.3) is 12.3 Å². The first-order valence-electron chi connectivity index (χ1n) is 6.71. The Morgan fingerprint density at radius 2 is 2.35 bits per heavy atom. The van der Waals surface area contributed by atoms with E-state index in [2.05, 4.69) is 24.0 Å². The number of aromatic amines is 1. The second kappa shape index (κ2) is 6.30. The van der Waals surface area contributed by atoms with Gasteiger partial charge >= 0.3 is 0 Å². The number of carbonyl (C=O) groups is 1. The van der Waals surface area contributed by atoms with E-state index >= 15 is 0 Å². The highest BCUT2D eigenvalue weighted by atomic mass is 19.3. The summed E-state index contributed by atoms with van der Waals surface area (Å²) >= 11 is 0. The lowest BCUT2D eigenvalue weighted by atomic mass is 10.0. The fraction of sp³-hybridized carbons (Fsp3) is 0.692. The molecule has 1 saturated heterocycles. The summed E-state index contributed by atoms with van der Waals surface area (Å²) in [6.45, 7) is 5.55. The fourth-order valence-corrected chi connectivity index (χ4v) is 2.37. The number of aromatic nitrogens is 2. The number of ether oxygens (including phenoxy) is 1. The predicted octanol–water partition coefficient (Wildman–Crippen LogP) is 2.23. The molecule has 1 amide bonds. The first-order chi connectivity index (χ1) is 9.49. The van der Waals surface area contributed by atoms with Crippen LogP contribution in [-0.4, -0.2) is 46.8 Å². The number of alkyl halides is 2. The number of amides is 1. The number of nitrogens with one attached hydrogen (secondary N) is 1. The number of rotatable bonds is 4. The first kappa shape index (κ1) is 14.9. The van der Waals surface area contributed by atoms with Crippen LogP contribution in [0.15, 0.2) is 6.07 Å². The standard InChI is InChI=1S/C13H19F2N3O2/c1-8(2)5-9-7-20-4-3-18(9)13(19)11-6-10(12(14)15)16-17-11/h6,8-9,12H,3-5,7H2,1-2H3,(H,16,17)/t9-/m0/s1. The maximum atomic E-state index is 12.5. The quantitative estimate of drug-likeness (QED) is 0.924. The molecule has 1 atom stereocenters. The molecule has 0 radical (unpaired) electrons. The summed E-state index contributed by atoms with van der Waals surface area (Å²) in [5.41, 5.74) is -0.294. The monoisotopic (exact) mass is 287 g/mol. The van der Waals surface area contributed by atoms with Gasteiger partial charge in [-0.1, -0.05) is 13.8 Å². The number of nitrogens with zero attached hydrogens (tertiary/aromatic N) is 2. The molecule has 1 aliphatic heterocycles. The maximum absolute atomic E-state index is 12.5. The van der Waals surface area contributed by atoms with Crippen LogP contribution in [0.1, 0.15) is 42.9 Å². The maximum Gasteiger partial charge on any atom is 0.279 e. The normalized spacial score (nSPS) is 19.9. The number of H-pyrrole nitrogens is 1. The summed E-state index contributed by atoms with van der Waals surface area (Å²) in [4.78, 5) is 14.0. The second-order valence-corrected chi connectivity index (χ2v) is 5.37. The van der Waals surface area contributed by atoms with E-state index in [1.165, 1.54) is 0 Å². The highest BCUT2D eigenvalue weighted by Crippen LogP contribution is 2.20. The van der Waals surface area contributed by atoms with Gasteiger partial charge in [-0.2, -0.15) is 5.10 Å². The van der Waals surface area contributed by atoms with E-state index in [9.17, 15) is 13.6 Å². The van der Waals surface area contributed by atoms with E-state index in [1.54, 1.807) is 4.90 Å². The van der Waals surface area contributed by atoms with Gasteiger partial charge in [-0.3, -0.25) is 9.89 Å². The average molecular weight is 287 g/mol. The Bertz CT molecular complexity index is 462. The summed E-state index contributed by atoms with van der Waals surface area (Å²) in [6.07, 6.45) is -1.84. The summed E-state index contributed by atoms with van der Waals surface area (Å²) in [6, 6.07) is 1.09. The highest BCUT2D eigenvalue weighted by molar-refractivity contribution is 5.92. The van der Waals surface area contributed by atoms with Crippen molar-refractivity contribution in [2.75, 3.05) is 19.8 Å². The third-order valence-corrected chi connectivity index (χ3v) is 3.28. The minimum atomic E-state index is -2.65. The molecule has 1 fully saturated rings. The fourth-order valence-electron chi connectivity index (χ4n) is 2.37. The molecule has 1 aliphatic rings. The molecule has 7 heteroatoms. The van der Waals surface area contributed by atoms with Gasteiger partial charge in [-0.25, -0.2) is 8.78 Å². The molecule has 1 aromatic rings. The van der Waals surface area contributed by atoms with Crippen LogP contribution in [0.25, 0.3) is 0 Å². The molecule has 0 saturated carbocycles. The molecule has 2 heterocycles. The number of halogens is 2. The van der Waals surface area contributed by atoms with Crippen molar-refractivity contribution in [3.05, 3.63) is 17.5 Å². The van der Waals surface area contributed by atoms with Gasteiger partial charge in [-0.15, -0.1) is 0 Å². The van der Waals surface area contributed by atoms with Crippen LogP contribution >= 0.6 is 0 Å². The van der Waals surface area contributed by atoms with Crippen molar-refractivity contribution >= 4 is 5.91 Å². The second-order valence-electron chi connectivity index (χ2n) is 5.37. The lowest BCUT2D eigenvalue weighted by Gasteiger charge is -2.36. The third kappa shape index (κ3) is 3.33. The van der Waals surface area contributed by atoms with Gasteiger partial charge in [0.2, 0.25) is 0 Å². The van der Waals surface area contributed by atoms with E-state index in [0.29, 0.717) is 25.7 Å². The van der Waals surface area contributed by atoms with Crippen LogP contribution in [0, 0.1) is 5.92 Å². The Kier molecular flexibility index (Phi) is 4.69. The van der Waals surface area contributed by atoms with Gasteiger partial charge < -0.3 is 9.64 Å². The molecule has 2 rings (SSSR count). The van der Waals surface area contributed by atoms with E-state index < -0.39 is 6.43 Å². The molecule has 0 aliphatic carbocycles. The van der Waals surface area contributed by atoms with Gasteiger partial charge in [0.15, 0.2) is 5.69 Å². The van der Waals surface area contributed by atoms with Crippen molar-refractivity contribution in [2.45, 2.75) is 32.7 Å². The van der Waals surface area contributed by atoms with Crippen LogP contribution in [0.3, 0.4) is 0 Å². The summed E-state index contributed by atoms with van der Waals surface area (Å²) in [7, 11) is 0. The number of hydrogen-bond donors (Lipinski definition) is 1. The molecule has 1 N–H and O–H groups in total. The van der Waals surface area contributed by atoms with Crippen molar-refractivity contribution in [2.24, 2.45) is 5.92 Å². The van der Waals surface area contributed by atoms with Gasteiger partial charge in [0, 0.05) is 6.54 Å². The van der Waals surface area contributed by atoms with Crippen LogP contribution in [-0.2, 0) is 4.74 Å². The van der Waals surface area contributed by atoms with Crippen molar-refractivity contribution in [1.29, 1.82) is 0 Å². The van der Waals surface area contributed by atoms with E-state index in [1.807, 2.05) is 0 Å². The van der Waals surface area contributed by atoms with Crippen LogP contribution in [0.5, 0.6) is 0 Å². The Labute approximate surface area is 116 Å². The molecule has 0 bridgehead atoms. The van der Waals surface area contributed by atoms with Gasteiger partial charge in [0.1, 0.15) is 5.69 Å². The molecular weight excluding hydrogens is 268 g/mol. The molecule has 1 aromatic heterocycles. The van der Waals surface area contributed by atoms with Crippen molar-refractivity contribution in [3.63, 3.8) is 0 Å². The Morgan fingerprint density at radius 3 is 2.95 bits per heavy atom. The van der Waals surface area contributed by atoms with Gasteiger partial charge in [-0.05, 0) is 18.4 Å². The Balaban J connectivity index is 2.12. The summed E-state index contributed by atoms with van der Waals surface area (Å²) in [5.74, 6) is 0.106. The Morgan fingerprint density at radius 1 is 1.60 bits per heavy atom. The van der Waals surface area contributed by atoms with Crippen molar-refractivity contribution in [1.82, 2.24) is 15.1 Å². The minimum absolute atomic E-state index is 0.0250. The minimum Gasteiger partial charge on any atom is -0.377 e. The van der Waals surface area contributed by atoms with Crippen LogP contribution in [0.4, 0.5) is 8.78 Å². The first-order valence-corrected chi connectivity index (χ1v) is 6.71. The SMILES string of the molecule is CC(C)C[C@H]1COCCN1C(=O)c1cc(C(F)F)[nH]n1. The zero-order valence-corrected chi connectivity index (χ0v) is 11.6. The summed E-state index contributed by atoms with van der Waals surface area (Å²) in [5, 5.41) is 5.89. The molecular formula is C13H19F2N3O2. The zero-order chi connectivity index (χ0) is 14.7. The highest BCUT2D eigenvalue weighted by Gasteiger charge is 2.30. The van der Waals surface area contributed by atoms with E-state index in [-0.39, 0.29) is 23.3 Å². The topological polar surface area (TPSA) is 58.2 Å². The number of carbonyl (C=O) groups excluding carboxylic acids is 1. The number of morpholine rings is 1. The summed E-state index contributed by atoms with van der Waals surface area (Å²) < 4.78 is 30.4. The smallest absolute Gasteiger partial charge is 0.279 e. The van der Waals surface area contributed by atoms with Crippen molar-refractivity contribution in [3.8, 4) is 0 Å². The molecule has 20 heavy (non-hydrogen) atoms. The molecule has 0 spiro atoms. The predicted molar refractivity (Wildman–Crippen MR) is 68.6 cm³/mol. The van der Waals surface area contributed by atoms with E-state index in [4.69, 9.17) is 4.74 Å². The lowest BCUT2D eigenvalue weighted by Crippen LogP contribution is -2.49. The van der Waals surface area contributed by atoms with Crippen LogP contribution < -0.4 is 0 Å². The average Bonchev–Trinajstić information content (AvgIpc) is 2.87. The molecule has 0 unspecified atom stereocenters. The Hall–Kier alpha value is -1.50. The molecule has 112 valence electrons.